The summed E-state index contributed by atoms with van der Waals surface area (Å²) in [5.41, 5.74) is 8.13. The van der Waals surface area contributed by atoms with Gasteiger partial charge in [-0.1, -0.05) is 19.1 Å². The lowest BCUT2D eigenvalue weighted by Gasteiger charge is -2.44. The Kier molecular flexibility index (Phi) is 5.83. The van der Waals surface area contributed by atoms with Crippen molar-refractivity contribution in [3.8, 4) is 0 Å². The Morgan fingerprint density at radius 3 is 2.76 bits per heavy atom. The molecular weight excluding hydrogens is 364 g/mol. The molecule has 2 amide bonds. The number of likely N-dealkylation sites (tertiary alicyclic amines) is 1. The molecule has 0 spiro atoms. The van der Waals surface area contributed by atoms with Gasteiger partial charge >= 0.3 is 6.03 Å². The highest BCUT2D eigenvalue weighted by Gasteiger charge is 2.39. The molecule has 1 aromatic carbocycles. The fourth-order valence-electron chi connectivity index (χ4n) is 5.48. The maximum absolute atomic E-state index is 12.9. The first-order valence-electron chi connectivity index (χ1n) is 11.1. The van der Waals surface area contributed by atoms with Crippen LogP contribution in [0.5, 0.6) is 0 Å². The number of benzene rings is 1. The number of fused-ring (bicyclic) bond motifs is 2. The fraction of sp³-hybridized carbons (Fsp3) is 0.609. The van der Waals surface area contributed by atoms with Crippen LogP contribution in [-0.2, 0) is 17.8 Å². The van der Waals surface area contributed by atoms with Crippen molar-refractivity contribution in [3.05, 3.63) is 35.0 Å². The number of amides is 2. The highest BCUT2D eigenvalue weighted by molar-refractivity contribution is 5.93. The molecule has 0 bridgehead atoms. The van der Waals surface area contributed by atoms with Gasteiger partial charge in [-0.15, -0.1) is 0 Å². The minimum absolute atomic E-state index is 0.0620. The van der Waals surface area contributed by atoms with Crippen LogP contribution in [-0.4, -0.2) is 59.8 Å². The lowest BCUT2D eigenvalue weighted by Crippen LogP contribution is -2.46. The standard InChI is InChI=1S/C23H34N4O2/c1-5-25(6-2)23(28)24-27-19-12-8-10-17-16-11-9-13-26(7-3)20(16)14-18(22(17)19)21(27)15-29-4/h8,10,12,16,20H,5-7,9,11,13-15H2,1-4H3,(H,24,28)/t16-,20-/m1/s1. The minimum Gasteiger partial charge on any atom is -0.378 e. The van der Waals surface area contributed by atoms with Gasteiger partial charge in [-0.25, -0.2) is 10.2 Å². The van der Waals surface area contributed by atoms with Crippen LogP contribution in [0, 0.1) is 0 Å². The number of carbonyl (C=O) groups excluding carboxylic acids is 1. The fourth-order valence-corrected chi connectivity index (χ4v) is 5.48. The summed E-state index contributed by atoms with van der Waals surface area (Å²) in [6.07, 6.45) is 3.53. The zero-order chi connectivity index (χ0) is 20.5. The summed E-state index contributed by atoms with van der Waals surface area (Å²) >= 11 is 0. The van der Waals surface area contributed by atoms with Gasteiger partial charge in [-0.2, -0.15) is 0 Å². The van der Waals surface area contributed by atoms with Crippen molar-refractivity contribution in [1.29, 1.82) is 0 Å². The van der Waals surface area contributed by atoms with E-state index in [9.17, 15) is 4.79 Å². The summed E-state index contributed by atoms with van der Waals surface area (Å²) in [6, 6.07) is 7.05. The van der Waals surface area contributed by atoms with Crippen LogP contribution in [0.1, 0.15) is 56.4 Å². The lowest BCUT2D eigenvalue weighted by atomic mass is 9.74. The van der Waals surface area contributed by atoms with Gasteiger partial charge in [0.15, 0.2) is 0 Å². The number of methoxy groups -OCH3 is 1. The number of aromatic nitrogens is 1. The average Bonchev–Trinajstić information content (AvgIpc) is 3.03. The zero-order valence-corrected chi connectivity index (χ0v) is 18.2. The van der Waals surface area contributed by atoms with Gasteiger partial charge in [0.2, 0.25) is 0 Å². The van der Waals surface area contributed by atoms with E-state index in [4.69, 9.17) is 4.74 Å². The predicted molar refractivity (Wildman–Crippen MR) is 117 cm³/mol. The van der Waals surface area contributed by atoms with E-state index in [-0.39, 0.29) is 6.03 Å². The lowest BCUT2D eigenvalue weighted by molar-refractivity contribution is 0.129. The van der Waals surface area contributed by atoms with E-state index < -0.39 is 0 Å². The first kappa shape index (κ1) is 20.2. The number of hydrogen-bond acceptors (Lipinski definition) is 3. The summed E-state index contributed by atoms with van der Waals surface area (Å²) in [5.74, 6) is 0.574. The first-order chi connectivity index (χ1) is 14.1. The van der Waals surface area contributed by atoms with Gasteiger partial charge in [-0.3, -0.25) is 9.58 Å². The molecule has 4 rings (SSSR count). The van der Waals surface area contributed by atoms with Gasteiger partial charge in [0, 0.05) is 37.5 Å². The maximum Gasteiger partial charge on any atom is 0.336 e. The molecule has 0 saturated carbocycles. The Bertz CT molecular complexity index is 887. The molecule has 2 heterocycles. The summed E-state index contributed by atoms with van der Waals surface area (Å²) < 4.78 is 7.58. The average molecular weight is 399 g/mol. The van der Waals surface area contributed by atoms with E-state index in [0.717, 1.165) is 24.2 Å². The summed E-state index contributed by atoms with van der Waals surface area (Å²) in [5, 5.41) is 1.33. The van der Waals surface area contributed by atoms with Crippen LogP contribution in [0.15, 0.2) is 18.2 Å². The molecule has 1 aliphatic heterocycles. The van der Waals surface area contributed by atoms with Crippen molar-refractivity contribution >= 4 is 16.9 Å². The van der Waals surface area contributed by atoms with Crippen molar-refractivity contribution in [2.75, 3.05) is 38.7 Å². The predicted octanol–water partition coefficient (Wildman–Crippen LogP) is 3.92. The molecule has 1 N–H and O–H groups in total. The minimum atomic E-state index is -0.0620. The first-order valence-corrected chi connectivity index (χ1v) is 11.1. The molecule has 0 radical (unpaired) electrons. The summed E-state index contributed by atoms with van der Waals surface area (Å²) in [4.78, 5) is 17.3. The van der Waals surface area contributed by atoms with E-state index in [1.54, 1.807) is 7.11 Å². The number of carbonyl (C=O) groups is 1. The van der Waals surface area contributed by atoms with E-state index in [2.05, 4.69) is 35.4 Å². The molecular formula is C23H34N4O2. The number of likely N-dealkylation sites (N-methyl/N-ethyl adjacent to an activating group) is 1. The zero-order valence-electron chi connectivity index (χ0n) is 18.2. The molecule has 6 nitrogen and oxygen atoms in total. The quantitative estimate of drug-likeness (QED) is 0.802. The van der Waals surface area contributed by atoms with E-state index in [1.165, 1.54) is 35.9 Å². The number of hydrogen-bond donors (Lipinski definition) is 1. The van der Waals surface area contributed by atoms with Crippen molar-refractivity contribution < 1.29 is 9.53 Å². The van der Waals surface area contributed by atoms with Crippen LogP contribution < -0.4 is 5.43 Å². The van der Waals surface area contributed by atoms with Gasteiger partial charge in [0.05, 0.1) is 17.8 Å². The molecule has 1 aliphatic carbocycles. The van der Waals surface area contributed by atoms with Gasteiger partial charge in [0.25, 0.3) is 0 Å². The molecule has 158 valence electrons. The monoisotopic (exact) mass is 398 g/mol. The van der Waals surface area contributed by atoms with Crippen LogP contribution in [0.2, 0.25) is 0 Å². The van der Waals surface area contributed by atoms with Gasteiger partial charge < -0.3 is 9.64 Å². The third-order valence-corrected chi connectivity index (χ3v) is 6.89. The molecule has 2 aromatic rings. The molecule has 0 unspecified atom stereocenters. The van der Waals surface area contributed by atoms with Crippen LogP contribution in [0.4, 0.5) is 4.79 Å². The molecule has 2 aliphatic rings. The Morgan fingerprint density at radius 1 is 1.28 bits per heavy atom. The second-order valence-electron chi connectivity index (χ2n) is 8.17. The normalized spacial score (nSPS) is 21.2. The third-order valence-electron chi connectivity index (χ3n) is 6.89. The molecule has 29 heavy (non-hydrogen) atoms. The van der Waals surface area contributed by atoms with Crippen LogP contribution in [0.3, 0.4) is 0 Å². The number of nitrogens with one attached hydrogen (secondary N) is 1. The molecule has 2 atom stereocenters. The number of ether oxygens (including phenoxy) is 1. The Balaban J connectivity index is 1.84. The maximum atomic E-state index is 12.9. The number of piperidine rings is 1. The second-order valence-corrected chi connectivity index (χ2v) is 8.17. The van der Waals surface area contributed by atoms with E-state index in [1.807, 2.05) is 23.4 Å². The van der Waals surface area contributed by atoms with Gasteiger partial charge in [0.1, 0.15) is 0 Å². The largest absolute Gasteiger partial charge is 0.378 e. The number of rotatable bonds is 6. The Hall–Kier alpha value is -2.05. The van der Waals surface area contributed by atoms with E-state index >= 15 is 0 Å². The summed E-state index contributed by atoms with van der Waals surface area (Å²) in [6.45, 7) is 10.4. The van der Waals surface area contributed by atoms with Crippen LogP contribution in [0.25, 0.3) is 10.9 Å². The summed E-state index contributed by atoms with van der Waals surface area (Å²) in [7, 11) is 1.73. The highest BCUT2D eigenvalue weighted by Crippen LogP contribution is 2.45. The van der Waals surface area contributed by atoms with Crippen molar-refractivity contribution in [2.24, 2.45) is 0 Å². The Morgan fingerprint density at radius 2 is 2.07 bits per heavy atom. The molecule has 1 aromatic heterocycles. The molecule has 1 saturated heterocycles. The third kappa shape index (κ3) is 3.32. The van der Waals surface area contributed by atoms with Crippen molar-refractivity contribution in [1.82, 2.24) is 14.5 Å². The van der Waals surface area contributed by atoms with Crippen molar-refractivity contribution in [2.45, 2.75) is 58.6 Å². The topological polar surface area (TPSA) is 49.7 Å². The van der Waals surface area contributed by atoms with Crippen molar-refractivity contribution in [3.63, 3.8) is 0 Å². The Labute approximate surface area is 173 Å². The van der Waals surface area contributed by atoms with Crippen LogP contribution >= 0.6 is 0 Å². The van der Waals surface area contributed by atoms with E-state index in [0.29, 0.717) is 31.7 Å². The number of urea groups is 1. The number of nitrogens with zero attached hydrogens (tertiary/aromatic N) is 3. The SMILES string of the molecule is CCN(CC)C(=O)Nn1c(COC)c2c3c(cccc31)[C@H]1CCCN(CC)[C@@H]1C2. The highest BCUT2D eigenvalue weighted by atomic mass is 16.5. The smallest absolute Gasteiger partial charge is 0.336 e. The van der Waals surface area contributed by atoms with Gasteiger partial charge in [-0.05, 0) is 63.4 Å². The second kappa shape index (κ2) is 8.36. The molecule has 6 heteroatoms. The molecule has 1 fully saturated rings.